The minimum atomic E-state index is -3.67. The fraction of sp³-hybridized carbons (Fsp3) is 0.294. The smallest absolute Gasteiger partial charge is 0.271 e. The van der Waals surface area contributed by atoms with Crippen LogP contribution in [0.25, 0.3) is 0 Å². The highest BCUT2D eigenvalue weighted by molar-refractivity contribution is 9.11. The lowest BCUT2D eigenvalue weighted by atomic mass is 10.2. The van der Waals surface area contributed by atoms with Gasteiger partial charge < -0.3 is 10.1 Å². The molecule has 29 heavy (non-hydrogen) atoms. The average Bonchev–Trinajstić information content (AvgIpc) is 3.36. The van der Waals surface area contributed by atoms with Gasteiger partial charge in [-0.2, -0.15) is 0 Å². The molecule has 1 fully saturated rings. The van der Waals surface area contributed by atoms with Crippen LogP contribution in [0.2, 0.25) is 0 Å². The van der Waals surface area contributed by atoms with Gasteiger partial charge in [0.05, 0.1) is 9.89 Å². The van der Waals surface area contributed by atoms with Crippen molar-refractivity contribution in [1.29, 1.82) is 0 Å². The van der Waals surface area contributed by atoms with Gasteiger partial charge in [-0.05, 0) is 77.4 Å². The number of hydrazine groups is 1. The third kappa shape index (κ3) is 6.37. The number of nitrogens with one attached hydrogen (secondary N) is 4. The first-order chi connectivity index (χ1) is 13.8. The van der Waals surface area contributed by atoms with Crippen molar-refractivity contribution in [2.75, 3.05) is 17.9 Å². The summed E-state index contributed by atoms with van der Waals surface area (Å²) in [6.45, 7) is 1.34. The van der Waals surface area contributed by atoms with Gasteiger partial charge in [0, 0.05) is 24.4 Å². The number of amides is 1. The third-order valence-electron chi connectivity index (χ3n) is 4.02. The van der Waals surface area contributed by atoms with Gasteiger partial charge in [-0.3, -0.25) is 20.4 Å². The van der Waals surface area contributed by atoms with E-state index in [1.165, 1.54) is 30.3 Å². The number of hydrogen-bond donors (Lipinski definition) is 4. The van der Waals surface area contributed by atoms with Gasteiger partial charge in [-0.1, -0.05) is 0 Å². The molecule has 156 valence electrons. The summed E-state index contributed by atoms with van der Waals surface area (Å²) in [5.41, 5.74) is 5.83. The molecule has 1 saturated heterocycles. The van der Waals surface area contributed by atoms with Crippen LogP contribution < -0.4 is 20.9 Å². The van der Waals surface area contributed by atoms with Crippen LogP contribution in [0, 0.1) is 0 Å². The molecular formula is C17H19BrN4O4S3. The van der Waals surface area contributed by atoms with E-state index in [0.717, 1.165) is 34.6 Å². The van der Waals surface area contributed by atoms with Gasteiger partial charge in [0.1, 0.15) is 4.21 Å². The maximum absolute atomic E-state index is 12.3. The first kappa shape index (κ1) is 22.0. The van der Waals surface area contributed by atoms with Crippen LogP contribution in [-0.4, -0.2) is 38.7 Å². The fourth-order valence-corrected chi connectivity index (χ4v) is 5.78. The number of halogens is 1. The number of ether oxygens (including phenoxy) is 1. The number of hydrogen-bond acceptors (Lipinski definition) is 6. The first-order valence-electron chi connectivity index (χ1n) is 8.67. The maximum atomic E-state index is 12.3. The zero-order chi connectivity index (χ0) is 20.9. The zero-order valence-electron chi connectivity index (χ0n) is 15.1. The summed E-state index contributed by atoms with van der Waals surface area (Å²) >= 11 is 9.47. The molecule has 1 atom stereocenters. The summed E-state index contributed by atoms with van der Waals surface area (Å²) < 4.78 is 33.5. The zero-order valence-corrected chi connectivity index (χ0v) is 19.1. The summed E-state index contributed by atoms with van der Waals surface area (Å²) in [5, 5.41) is 3.28. The van der Waals surface area contributed by atoms with Crippen molar-refractivity contribution < 1.29 is 17.9 Å². The minimum absolute atomic E-state index is 0.136. The summed E-state index contributed by atoms with van der Waals surface area (Å²) in [7, 11) is -3.67. The van der Waals surface area contributed by atoms with Gasteiger partial charge in [0.15, 0.2) is 5.11 Å². The van der Waals surface area contributed by atoms with Crippen LogP contribution in [0.4, 0.5) is 5.69 Å². The van der Waals surface area contributed by atoms with Crippen LogP contribution in [0.5, 0.6) is 0 Å². The standard InChI is InChI=1S/C17H19BrN4O4S3/c18-14-7-8-15(28-14)29(24,25)22-12-5-3-11(4-6-12)16(23)20-21-17(27)19-10-13-2-1-9-26-13/h3-8,13,22H,1-2,9-10H2,(H,20,23)(H2,19,21,27)/t13-/m1/s1. The predicted octanol–water partition coefficient (Wildman–Crippen LogP) is 2.60. The van der Waals surface area contributed by atoms with Crippen LogP contribution in [0.1, 0.15) is 23.2 Å². The third-order valence-corrected chi connectivity index (χ3v) is 7.76. The van der Waals surface area contributed by atoms with Crippen molar-refractivity contribution in [2.45, 2.75) is 23.2 Å². The topological polar surface area (TPSA) is 109 Å². The first-order valence-corrected chi connectivity index (χ1v) is 12.2. The number of carbonyl (C=O) groups is 1. The Hall–Kier alpha value is -1.73. The second kappa shape index (κ2) is 9.85. The molecule has 2 aromatic rings. The second-order valence-corrected chi connectivity index (χ2v) is 10.9. The number of anilines is 1. The normalized spacial score (nSPS) is 16.2. The number of thiocarbonyl (C=S) groups is 1. The number of benzene rings is 1. The van der Waals surface area contributed by atoms with Crippen molar-refractivity contribution in [3.63, 3.8) is 0 Å². The Kier molecular flexibility index (Phi) is 7.46. The molecule has 1 amide bonds. The maximum Gasteiger partial charge on any atom is 0.271 e. The molecule has 8 nitrogen and oxygen atoms in total. The number of rotatable bonds is 6. The highest BCUT2D eigenvalue weighted by Gasteiger charge is 2.17. The highest BCUT2D eigenvalue weighted by atomic mass is 79.9. The molecule has 0 bridgehead atoms. The fourth-order valence-electron chi connectivity index (χ4n) is 2.58. The molecule has 0 saturated carbocycles. The lowest BCUT2D eigenvalue weighted by molar-refractivity contribution is 0.0943. The van der Waals surface area contributed by atoms with Crippen molar-refractivity contribution >= 4 is 66.2 Å². The molecule has 0 unspecified atom stereocenters. The largest absolute Gasteiger partial charge is 0.376 e. The highest BCUT2D eigenvalue weighted by Crippen LogP contribution is 2.27. The summed E-state index contributed by atoms with van der Waals surface area (Å²) in [6, 6.07) is 9.25. The Morgan fingerprint density at radius 2 is 1.97 bits per heavy atom. The number of sulfonamides is 1. The molecule has 12 heteroatoms. The summed E-state index contributed by atoms with van der Waals surface area (Å²) in [4.78, 5) is 12.2. The second-order valence-electron chi connectivity index (χ2n) is 6.17. The lowest BCUT2D eigenvalue weighted by Crippen LogP contribution is -2.48. The molecule has 0 radical (unpaired) electrons. The molecular weight excluding hydrogens is 500 g/mol. The van der Waals surface area contributed by atoms with Crippen LogP contribution in [0.3, 0.4) is 0 Å². The van der Waals surface area contributed by atoms with Crippen LogP contribution in [0.15, 0.2) is 44.4 Å². The van der Waals surface area contributed by atoms with E-state index in [2.05, 4.69) is 36.8 Å². The van der Waals surface area contributed by atoms with Gasteiger partial charge in [0.2, 0.25) is 0 Å². The van der Waals surface area contributed by atoms with E-state index in [-0.39, 0.29) is 10.3 Å². The molecule has 2 heterocycles. The molecule has 4 N–H and O–H groups in total. The molecule has 0 aliphatic carbocycles. The molecule has 1 aromatic heterocycles. The Bertz CT molecular complexity index is 973. The van der Waals surface area contributed by atoms with Gasteiger partial charge in [-0.15, -0.1) is 11.3 Å². The van der Waals surface area contributed by atoms with E-state index in [1.54, 1.807) is 6.07 Å². The van der Waals surface area contributed by atoms with Crippen molar-refractivity contribution in [1.82, 2.24) is 16.2 Å². The summed E-state index contributed by atoms with van der Waals surface area (Å²) in [6.07, 6.45) is 2.17. The number of thiophene rings is 1. The number of carbonyl (C=O) groups excluding carboxylic acids is 1. The van der Waals surface area contributed by atoms with Gasteiger partial charge in [-0.25, -0.2) is 8.42 Å². The van der Waals surface area contributed by atoms with E-state index in [1.807, 2.05) is 0 Å². The van der Waals surface area contributed by atoms with E-state index in [9.17, 15) is 13.2 Å². The van der Waals surface area contributed by atoms with Gasteiger partial charge in [0.25, 0.3) is 15.9 Å². The van der Waals surface area contributed by atoms with E-state index in [4.69, 9.17) is 17.0 Å². The van der Waals surface area contributed by atoms with Crippen LogP contribution in [-0.2, 0) is 14.8 Å². The predicted molar refractivity (Wildman–Crippen MR) is 119 cm³/mol. The molecule has 1 aliphatic heterocycles. The minimum Gasteiger partial charge on any atom is -0.376 e. The Balaban J connectivity index is 1.48. The van der Waals surface area contributed by atoms with Crippen molar-refractivity contribution in [3.8, 4) is 0 Å². The Morgan fingerprint density at radius 3 is 2.59 bits per heavy atom. The quantitative estimate of drug-likeness (QED) is 0.343. The molecule has 1 aliphatic rings. The SMILES string of the molecule is O=C(NNC(=S)NC[C@H]1CCCO1)c1ccc(NS(=O)(=O)c2ccc(Br)s2)cc1. The molecule has 3 rings (SSSR count). The molecule has 1 aromatic carbocycles. The van der Waals surface area contributed by atoms with E-state index in [0.29, 0.717) is 22.9 Å². The van der Waals surface area contributed by atoms with Crippen LogP contribution >= 0.6 is 39.5 Å². The lowest BCUT2D eigenvalue weighted by Gasteiger charge is -2.14. The molecule has 0 spiro atoms. The van der Waals surface area contributed by atoms with Gasteiger partial charge >= 0.3 is 0 Å². The van der Waals surface area contributed by atoms with Crippen molar-refractivity contribution in [2.24, 2.45) is 0 Å². The summed E-state index contributed by atoms with van der Waals surface area (Å²) in [5.74, 6) is -0.400. The van der Waals surface area contributed by atoms with E-state index < -0.39 is 15.9 Å². The monoisotopic (exact) mass is 518 g/mol. The Labute approximate surface area is 186 Å². The average molecular weight is 519 g/mol. The Morgan fingerprint density at radius 1 is 1.21 bits per heavy atom. The van der Waals surface area contributed by atoms with Crippen molar-refractivity contribution in [3.05, 3.63) is 45.7 Å². The van der Waals surface area contributed by atoms with E-state index >= 15 is 0 Å².